The standard InChI is InChI=1S/C22H18BrN3O2/c23-19-8-3-5-16(13-19)10-11-21(27)26-20-9-2-1-6-17(20)15-25-22(28)18-7-4-12-24-14-18/h1-14H,15H2,(H,25,28)(H,26,27)/b11-10+. The van der Waals surface area contributed by atoms with Crippen LogP contribution in [0.25, 0.3) is 6.08 Å². The predicted octanol–water partition coefficient (Wildman–Crippen LogP) is 4.43. The van der Waals surface area contributed by atoms with Gasteiger partial charge in [0.15, 0.2) is 0 Å². The van der Waals surface area contributed by atoms with Gasteiger partial charge in [0.25, 0.3) is 5.91 Å². The molecule has 3 rings (SSSR count). The maximum atomic E-state index is 12.3. The first-order chi connectivity index (χ1) is 13.6. The fourth-order valence-corrected chi connectivity index (χ4v) is 2.94. The SMILES string of the molecule is O=C(/C=C/c1cccc(Br)c1)Nc1ccccc1CNC(=O)c1cccnc1. The third-order valence-corrected chi connectivity index (χ3v) is 4.41. The van der Waals surface area contributed by atoms with Crippen molar-refractivity contribution in [3.8, 4) is 0 Å². The average molecular weight is 436 g/mol. The van der Waals surface area contributed by atoms with Gasteiger partial charge >= 0.3 is 0 Å². The zero-order valence-electron chi connectivity index (χ0n) is 14.9. The number of hydrogen-bond donors (Lipinski definition) is 2. The van der Waals surface area contributed by atoms with Gasteiger partial charge in [-0.05, 0) is 47.5 Å². The molecule has 0 aliphatic carbocycles. The van der Waals surface area contributed by atoms with E-state index in [2.05, 4.69) is 31.5 Å². The Morgan fingerprint density at radius 1 is 1.04 bits per heavy atom. The average Bonchev–Trinajstić information content (AvgIpc) is 2.72. The Morgan fingerprint density at radius 2 is 1.89 bits per heavy atom. The van der Waals surface area contributed by atoms with Crippen LogP contribution in [0.5, 0.6) is 0 Å². The van der Waals surface area contributed by atoms with Gasteiger partial charge in [-0.2, -0.15) is 0 Å². The van der Waals surface area contributed by atoms with E-state index in [1.165, 1.54) is 12.3 Å². The predicted molar refractivity (Wildman–Crippen MR) is 114 cm³/mol. The minimum absolute atomic E-state index is 0.219. The Bertz CT molecular complexity index is 1000. The highest BCUT2D eigenvalue weighted by Gasteiger charge is 2.08. The Labute approximate surface area is 171 Å². The molecular weight excluding hydrogens is 418 g/mol. The summed E-state index contributed by atoms with van der Waals surface area (Å²) in [7, 11) is 0. The van der Waals surface area contributed by atoms with Crippen molar-refractivity contribution < 1.29 is 9.59 Å². The van der Waals surface area contributed by atoms with Gasteiger partial charge in [-0.15, -0.1) is 0 Å². The molecule has 0 atom stereocenters. The quantitative estimate of drug-likeness (QED) is 0.562. The number of halogens is 1. The summed E-state index contributed by atoms with van der Waals surface area (Å²) in [5, 5.41) is 5.70. The number of nitrogens with zero attached hydrogens (tertiary/aromatic N) is 1. The summed E-state index contributed by atoms with van der Waals surface area (Å²) in [6, 6.07) is 18.4. The molecule has 0 bridgehead atoms. The minimum atomic E-state index is -0.244. The number of carbonyl (C=O) groups is 2. The van der Waals surface area contributed by atoms with Gasteiger partial charge in [0.1, 0.15) is 0 Å². The lowest BCUT2D eigenvalue weighted by molar-refractivity contribution is -0.111. The van der Waals surface area contributed by atoms with Gasteiger partial charge in [-0.3, -0.25) is 14.6 Å². The van der Waals surface area contributed by atoms with E-state index in [4.69, 9.17) is 0 Å². The molecule has 0 aliphatic rings. The molecule has 0 saturated heterocycles. The van der Waals surface area contributed by atoms with Gasteiger partial charge in [0.2, 0.25) is 5.91 Å². The summed E-state index contributed by atoms with van der Waals surface area (Å²) in [6.07, 6.45) is 6.35. The van der Waals surface area contributed by atoms with Crippen molar-refractivity contribution in [1.29, 1.82) is 0 Å². The lowest BCUT2D eigenvalue weighted by atomic mass is 10.1. The third-order valence-electron chi connectivity index (χ3n) is 3.91. The zero-order chi connectivity index (χ0) is 19.8. The molecule has 3 aromatic rings. The van der Waals surface area contributed by atoms with Crippen molar-refractivity contribution in [3.63, 3.8) is 0 Å². The fourth-order valence-electron chi connectivity index (χ4n) is 2.53. The first-order valence-corrected chi connectivity index (χ1v) is 9.42. The van der Waals surface area contributed by atoms with Crippen LogP contribution in [0.3, 0.4) is 0 Å². The highest BCUT2D eigenvalue weighted by Crippen LogP contribution is 2.16. The third kappa shape index (κ3) is 5.62. The Kier molecular flexibility index (Phi) is 6.70. The van der Waals surface area contributed by atoms with Crippen LogP contribution in [0.2, 0.25) is 0 Å². The number of nitrogens with one attached hydrogen (secondary N) is 2. The monoisotopic (exact) mass is 435 g/mol. The molecule has 1 aromatic heterocycles. The molecule has 2 amide bonds. The molecule has 0 aliphatic heterocycles. The topological polar surface area (TPSA) is 71.1 Å². The number of anilines is 1. The molecule has 2 aromatic carbocycles. The van der Waals surface area contributed by atoms with Crippen LogP contribution in [0.4, 0.5) is 5.69 Å². The van der Waals surface area contributed by atoms with E-state index in [-0.39, 0.29) is 11.8 Å². The first-order valence-electron chi connectivity index (χ1n) is 8.62. The summed E-state index contributed by atoms with van der Waals surface area (Å²) in [6.45, 7) is 0.291. The lowest BCUT2D eigenvalue weighted by Gasteiger charge is -2.11. The molecule has 0 spiro atoms. The normalized spacial score (nSPS) is 10.6. The van der Waals surface area contributed by atoms with E-state index in [1.807, 2.05) is 42.5 Å². The number of benzene rings is 2. The number of amides is 2. The van der Waals surface area contributed by atoms with Crippen LogP contribution in [0.15, 0.2) is 83.6 Å². The van der Waals surface area contributed by atoms with Gasteiger partial charge in [-0.1, -0.05) is 46.3 Å². The van der Waals surface area contributed by atoms with Crippen molar-refractivity contribution in [2.75, 3.05) is 5.32 Å². The van der Waals surface area contributed by atoms with Crippen molar-refractivity contribution in [3.05, 3.63) is 100 Å². The van der Waals surface area contributed by atoms with E-state index < -0.39 is 0 Å². The summed E-state index contributed by atoms with van der Waals surface area (Å²) in [4.78, 5) is 28.4. The Balaban J connectivity index is 1.63. The molecular formula is C22H18BrN3O2. The molecule has 28 heavy (non-hydrogen) atoms. The molecule has 0 radical (unpaired) electrons. The fraction of sp³-hybridized carbons (Fsp3) is 0.0455. The van der Waals surface area contributed by atoms with Crippen molar-refractivity contribution in [2.45, 2.75) is 6.54 Å². The second-order valence-electron chi connectivity index (χ2n) is 5.96. The molecule has 0 fully saturated rings. The highest BCUT2D eigenvalue weighted by atomic mass is 79.9. The van der Waals surface area contributed by atoms with Gasteiger partial charge in [-0.25, -0.2) is 0 Å². The molecule has 5 nitrogen and oxygen atoms in total. The molecule has 2 N–H and O–H groups in total. The van der Waals surface area contributed by atoms with Crippen LogP contribution in [-0.4, -0.2) is 16.8 Å². The van der Waals surface area contributed by atoms with Gasteiger partial charge in [0, 0.05) is 35.2 Å². The molecule has 6 heteroatoms. The van der Waals surface area contributed by atoms with Crippen molar-refractivity contribution in [2.24, 2.45) is 0 Å². The number of carbonyl (C=O) groups excluding carboxylic acids is 2. The van der Waals surface area contributed by atoms with E-state index in [9.17, 15) is 9.59 Å². The highest BCUT2D eigenvalue weighted by molar-refractivity contribution is 9.10. The Morgan fingerprint density at radius 3 is 2.68 bits per heavy atom. The first kappa shape index (κ1) is 19.5. The van der Waals surface area contributed by atoms with Crippen LogP contribution in [-0.2, 0) is 11.3 Å². The minimum Gasteiger partial charge on any atom is -0.348 e. The molecule has 1 heterocycles. The second kappa shape index (κ2) is 9.62. The van der Waals surface area contributed by atoms with E-state index in [0.29, 0.717) is 17.8 Å². The van der Waals surface area contributed by atoms with Gasteiger partial charge in [0.05, 0.1) is 5.56 Å². The molecule has 140 valence electrons. The second-order valence-corrected chi connectivity index (χ2v) is 6.87. The number of pyridine rings is 1. The lowest BCUT2D eigenvalue weighted by Crippen LogP contribution is -2.23. The zero-order valence-corrected chi connectivity index (χ0v) is 16.5. The van der Waals surface area contributed by atoms with Crippen molar-refractivity contribution in [1.82, 2.24) is 10.3 Å². The van der Waals surface area contributed by atoms with E-state index in [0.717, 1.165) is 15.6 Å². The van der Waals surface area contributed by atoms with Crippen LogP contribution in [0, 0.1) is 0 Å². The summed E-state index contributed by atoms with van der Waals surface area (Å²) in [5.74, 6) is -0.463. The number of para-hydroxylation sites is 1. The number of rotatable bonds is 6. The van der Waals surface area contributed by atoms with Crippen LogP contribution >= 0.6 is 15.9 Å². The molecule has 0 unspecified atom stereocenters. The smallest absolute Gasteiger partial charge is 0.253 e. The molecule has 0 saturated carbocycles. The van der Waals surface area contributed by atoms with Crippen LogP contribution in [0.1, 0.15) is 21.5 Å². The summed E-state index contributed by atoms with van der Waals surface area (Å²) >= 11 is 3.41. The summed E-state index contributed by atoms with van der Waals surface area (Å²) in [5.41, 5.74) is 2.87. The number of hydrogen-bond acceptors (Lipinski definition) is 3. The summed E-state index contributed by atoms with van der Waals surface area (Å²) < 4.78 is 0.949. The Hall–Kier alpha value is -3.25. The van der Waals surface area contributed by atoms with E-state index >= 15 is 0 Å². The van der Waals surface area contributed by atoms with Gasteiger partial charge < -0.3 is 10.6 Å². The van der Waals surface area contributed by atoms with Crippen molar-refractivity contribution >= 4 is 39.5 Å². The van der Waals surface area contributed by atoms with E-state index in [1.54, 1.807) is 30.5 Å². The maximum absolute atomic E-state index is 12.3. The maximum Gasteiger partial charge on any atom is 0.253 e. The van der Waals surface area contributed by atoms with Crippen LogP contribution < -0.4 is 10.6 Å². The largest absolute Gasteiger partial charge is 0.348 e. The number of aromatic nitrogens is 1.